The van der Waals surface area contributed by atoms with Crippen molar-refractivity contribution in [3.63, 3.8) is 0 Å². The Morgan fingerprint density at radius 2 is 1.43 bits per heavy atom. The summed E-state index contributed by atoms with van der Waals surface area (Å²) in [5.74, 6) is 0. The molecule has 0 heterocycles. The quantitative estimate of drug-likeness (QED) is 0.421. The molecule has 0 aliphatic carbocycles. The summed E-state index contributed by atoms with van der Waals surface area (Å²) in [5, 5.41) is 7.96. The van der Waals surface area contributed by atoms with Crippen LogP contribution in [0.15, 0.2) is 34.5 Å². The molecule has 0 aromatic heterocycles. The zero-order valence-corrected chi connectivity index (χ0v) is 9.08. The molecule has 0 saturated heterocycles. The number of thiocarbonyl (C=S) groups is 1. The Hall–Kier alpha value is -1.49. The van der Waals surface area contributed by atoms with Crippen molar-refractivity contribution in [3.05, 3.63) is 24.3 Å². The van der Waals surface area contributed by atoms with E-state index < -0.39 is 0 Å². The summed E-state index contributed by atoms with van der Waals surface area (Å²) in [6, 6.07) is 0. The molecule has 5 heteroatoms. The van der Waals surface area contributed by atoms with Crippen LogP contribution in [0.1, 0.15) is 13.8 Å². The van der Waals surface area contributed by atoms with Crippen molar-refractivity contribution in [2.45, 2.75) is 13.8 Å². The van der Waals surface area contributed by atoms with E-state index in [-0.39, 0.29) is 0 Å². The maximum atomic E-state index is 4.86. The zero-order chi connectivity index (χ0) is 10.6. The van der Waals surface area contributed by atoms with Gasteiger partial charge < -0.3 is 0 Å². The van der Waals surface area contributed by atoms with Crippen molar-refractivity contribution in [1.29, 1.82) is 0 Å². The van der Waals surface area contributed by atoms with Crippen LogP contribution in [0.3, 0.4) is 0 Å². The summed E-state index contributed by atoms with van der Waals surface area (Å²) in [6.07, 6.45) is 10.5. The Morgan fingerprint density at radius 1 is 1.00 bits per heavy atom. The van der Waals surface area contributed by atoms with Crippen LogP contribution < -0.4 is 10.9 Å². The van der Waals surface area contributed by atoms with Crippen molar-refractivity contribution in [2.24, 2.45) is 10.2 Å². The second kappa shape index (κ2) is 9.60. The first-order chi connectivity index (χ1) is 6.81. The predicted molar refractivity (Wildman–Crippen MR) is 65.5 cm³/mol. The summed E-state index contributed by atoms with van der Waals surface area (Å²) in [5.41, 5.74) is 5.19. The third-order valence-corrected chi connectivity index (χ3v) is 1.22. The topological polar surface area (TPSA) is 48.8 Å². The van der Waals surface area contributed by atoms with E-state index in [9.17, 15) is 0 Å². The van der Waals surface area contributed by atoms with Crippen LogP contribution >= 0.6 is 12.2 Å². The lowest BCUT2D eigenvalue weighted by Crippen LogP contribution is -2.27. The first-order valence-electron chi connectivity index (χ1n) is 4.16. The normalized spacial score (nSPS) is 12.1. The minimum absolute atomic E-state index is 0.353. The minimum atomic E-state index is 0.353. The van der Waals surface area contributed by atoms with Gasteiger partial charge in [-0.15, -0.1) is 0 Å². The molecule has 0 atom stereocenters. The Morgan fingerprint density at radius 3 is 1.79 bits per heavy atom. The van der Waals surface area contributed by atoms with Crippen LogP contribution in [0.5, 0.6) is 0 Å². The predicted octanol–water partition coefficient (Wildman–Crippen LogP) is 1.57. The molecule has 0 aliphatic rings. The third kappa shape index (κ3) is 8.61. The molecule has 0 unspecified atom stereocenters. The molecule has 0 fully saturated rings. The van der Waals surface area contributed by atoms with E-state index in [2.05, 4.69) is 21.1 Å². The Labute approximate surface area is 89.5 Å². The van der Waals surface area contributed by atoms with Crippen LogP contribution in [0, 0.1) is 0 Å². The van der Waals surface area contributed by atoms with Gasteiger partial charge in [0, 0.05) is 12.4 Å². The van der Waals surface area contributed by atoms with Crippen molar-refractivity contribution in [2.75, 3.05) is 0 Å². The summed E-state index contributed by atoms with van der Waals surface area (Å²) in [7, 11) is 0. The molecule has 0 rings (SSSR count). The van der Waals surface area contributed by atoms with Gasteiger partial charge in [-0.05, 0) is 38.2 Å². The van der Waals surface area contributed by atoms with Gasteiger partial charge in [-0.2, -0.15) is 10.2 Å². The smallest absolute Gasteiger partial charge is 0.207 e. The number of hydrazone groups is 2. The molecule has 0 radical (unpaired) electrons. The second-order valence-corrected chi connectivity index (χ2v) is 2.57. The molecule has 0 spiro atoms. The molecule has 4 nitrogen and oxygen atoms in total. The van der Waals surface area contributed by atoms with Crippen molar-refractivity contribution in [3.8, 4) is 0 Å². The van der Waals surface area contributed by atoms with Gasteiger partial charge >= 0.3 is 0 Å². The maximum Gasteiger partial charge on any atom is 0.207 e. The molecule has 0 aromatic carbocycles. The average Bonchev–Trinajstić information content (AvgIpc) is 2.19. The van der Waals surface area contributed by atoms with Gasteiger partial charge in [-0.25, -0.2) is 0 Å². The van der Waals surface area contributed by atoms with Crippen molar-refractivity contribution >= 4 is 29.8 Å². The van der Waals surface area contributed by atoms with Gasteiger partial charge in [0.15, 0.2) is 0 Å². The first kappa shape index (κ1) is 12.5. The Bertz CT molecular complexity index is 240. The van der Waals surface area contributed by atoms with Crippen LogP contribution in [0.25, 0.3) is 0 Å². The zero-order valence-electron chi connectivity index (χ0n) is 8.27. The lowest BCUT2D eigenvalue weighted by atomic mass is 10.6. The van der Waals surface area contributed by atoms with E-state index in [1.807, 2.05) is 26.0 Å². The highest BCUT2D eigenvalue weighted by atomic mass is 32.1. The number of hydrogen-bond acceptors (Lipinski definition) is 3. The fraction of sp³-hybridized carbons (Fsp3) is 0.222. The third-order valence-electron chi connectivity index (χ3n) is 1.04. The number of rotatable bonds is 4. The molecule has 0 bridgehead atoms. The lowest BCUT2D eigenvalue weighted by molar-refractivity contribution is 0.936. The van der Waals surface area contributed by atoms with E-state index in [0.717, 1.165) is 0 Å². The summed E-state index contributed by atoms with van der Waals surface area (Å²) in [4.78, 5) is 0. The van der Waals surface area contributed by atoms with E-state index in [0.29, 0.717) is 5.11 Å². The summed E-state index contributed by atoms with van der Waals surface area (Å²) < 4.78 is 0. The van der Waals surface area contributed by atoms with Gasteiger partial charge in [0.05, 0.1) is 0 Å². The van der Waals surface area contributed by atoms with E-state index in [1.165, 1.54) is 0 Å². The lowest BCUT2D eigenvalue weighted by Gasteiger charge is -1.98. The largest absolute Gasteiger partial charge is 0.252 e. The monoisotopic (exact) mass is 210 g/mol. The number of nitrogens with zero attached hydrogens (tertiary/aromatic N) is 2. The first-order valence-corrected chi connectivity index (χ1v) is 4.56. The maximum absolute atomic E-state index is 4.86. The highest BCUT2D eigenvalue weighted by molar-refractivity contribution is 7.80. The molecule has 0 amide bonds. The van der Waals surface area contributed by atoms with E-state index in [1.54, 1.807) is 24.6 Å². The molecular formula is C9H14N4S. The van der Waals surface area contributed by atoms with Crippen LogP contribution in [0.4, 0.5) is 0 Å². The van der Waals surface area contributed by atoms with Crippen LogP contribution in [-0.4, -0.2) is 17.5 Å². The number of nitrogens with one attached hydrogen (secondary N) is 2. The minimum Gasteiger partial charge on any atom is -0.252 e. The summed E-state index contributed by atoms with van der Waals surface area (Å²) in [6.45, 7) is 3.81. The Balaban J connectivity index is 3.65. The molecule has 76 valence electrons. The highest BCUT2D eigenvalue weighted by Crippen LogP contribution is 1.69. The van der Waals surface area contributed by atoms with Gasteiger partial charge in [-0.1, -0.05) is 12.2 Å². The van der Waals surface area contributed by atoms with E-state index in [4.69, 9.17) is 12.2 Å². The van der Waals surface area contributed by atoms with E-state index >= 15 is 0 Å². The Kier molecular flexibility index (Phi) is 8.58. The van der Waals surface area contributed by atoms with Gasteiger partial charge in [0.1, 0.15) is 0 Å². The van der Waals surface area contributed by atoms with Gasteiger partial charge in [0.25, 0.3) is 0 Å². The highest BCUT2D eigenvalue weighted by Gasteiger charge is 1.85. The molecule has 14 heavy (non-hydrogen) atoms. The van der Waals surface area contributed by atoms with Crippen molar-refractivity contribution < 1.29 is 0 Å². The second-order valence-electron chi connectivity index (χ2n) is 2.16. The fourth-order valence-electron chi connectivity index (χ4n) is 0.475. The van der Waals surface area contributed by atoms with Crippen molar-refractivity contribution in [1.82, 2.24) is 10.9 Å². The number of allylic oxidation sites excluding steroid dienone is 4. The average molecular weight is 210 g/mol. The fourth-order valence-corrected chi connectivity index (χ4v) is 0.580. The summed E-state index contributed by atoms with van der Waals surface area (Å²) >= 11 is 4.86. The molecule has 2 N–H and O–H groups in total. The van der Waals surface area contributed by atoms with Gasteiger partial charge in [-0.3, -0.25) is 10.9 Å². The van der Waals surface area contributed by atoms with Crippen LogP contribution in [-0.2, 0) is 0 Å². The van der Waals surface area contributed by atoms with Crippen LogP contribution in [0.2, 0.25) is 0 Å². The SMILES string of the molecule is CC=CC=NNC(=S)NN=CC=CC. The molecule has 0 saturated carbocycles. The van der Waals surface area contributed by atoms with Gasteiger partial charge in [0.2, 0.25) is 5.11 Å². The standard InChI is InChI=1S/C9H14N4S/c1-3-5-7-10-12-9(14)13-11-8-6-4-2/h3-8H,1-2H3,(H2,12,13,14). The molecular weight excluding hydrogens is 196 g/mol. The number of hydrogen-bond donors (Lipinski definition) is 2. The molecule has 0 aromatic rings. The molecule has 0 aliphatic heterocycles.